The third-order valence-electron chi connectivity index (χ3n) is 5.36. The second-order valence-electron chi connectivity index (χ2n) is 7.87. The van der Waals surface area contributed by atoms with E-state index in [1.165, 1.54) is 16.9 Å². The minimum atomic E-state index is -0.190. The summed E-state index contributed by atoms with van der Waals surface area (Å²) in [5.74, 6) is 0.484. The Labute approximate surface area is 184 Å². The summed E-state index contributed by atoms with van der Waals surface area (Å²) in [7, 11) is 0. The Bertz CT molecular complexity index is 1340. The average molecular weight is 427 g/mol. The molecule has 154 valence electrons. The molecule has 31 heavy (non-hydrogen) atoms. The zero-order valence-electron chi connectivity index (χ0n) is 17.4. The van der Waals surface area contributed by atoms with E-state index < -0.39 is 0 Å². The molecule has 5 heteroatoms. The smallest absolute Gasteiger partial charge is 0.296 e. The van der Waals surface area contributed by atoms with Gasteiger partial charge in [0.25, 0.3) is 5.91 Å². The van der Waals surface area contributed by atoms with E-state index in [1.54, 1.807) is 4.90 Å². The molecule has 5 rings (SSSR count). The van der Waals surface area contributed by atoms with E-state index in [0.717, 1.165) is 21.2 Å². The van der Waals surface area contributed by atoms with E-state index in [1.807, 2.05) is 60.7 Å². The number of anilines is 1. The molecule has 0 atom stereocenters. The molecule has 0 aliphatic heterocycles. The van der Waals surface area contributed by atoms with Gasteiger partial charge in [-0.3, -0.25) is 9.69 Å². The molecule has 0 spiro atoms. The Kier molecular flexibility index (Phi) is 5.04. The number of hydrogen-bond acceptors (Lipinski definition) is 4. The van der Waals surface area contributed by atoms with Crippen LogP contribution in [0.15, 0.2) is 83.3 Å². The van der Waals surface area contributed by atoms with Crippen LogP contribution in [0.25, 0.3) is 21.2 Å². The van der Waals surface area contributed by atoms with Crippen molar-refractivity contribution in [1.82, 2.24) is 4.98 Å². The van der Waals surface area contributed by atoms with Crippen molar-refractivity contribution in [1.29, 1.82) is 0 Å². The zero-order chi connectivity index (χ0) is 21.4. The van der Waals surface area contributed by atoms with Gasteiger partial charge in [-0.15, -0.1) is 0 Å². The summed E-state index contributed by atoms with van der Waals surface area (Å²) in [6, 6.07) is 25.7. The van der Waals surface area contributed by atoms with Crippen LogP contribution in [0.1, 0.15) is 41.4 Å². The molecule has 0 fully saturated rings. The van der Waals surface area contributed by atoms with Crippen LogP contribution in [0.2, 0.25) is 0 Å². The molecule has 2 aromatic heterocycles. The monoisotopic (exact) mass is 426 g/mol. The van der Waals surface area contributed by atoms with Crippen LogP contribution in [0, 0.1) is 0 Å². The van der Waals surface area contributed by atoms with E-state index in [4.69, 9.17) is 9.40 Å². The minimum Gasteiger partial charge on any atom is -0.451 e. The summed E-state index contributed by atoms with van der Waals surface area (Å²) in [5.41, 5.74) is 3.90. The number of rotatable bonds is 5. The largest absolute Gasteiger partial charge is 0.451 e. The number of carbonyl (C=O) groups is 1. The number of hydrogen-bond donors (Lipinski definition) is 0. The van der Waals surface area contributed by atoms with Crippen LogP contribution in [0.3, 0.4) is 0 Å². The van der Waals surface area contributed by atoms with Gasteiger partial charge in [-0.25, -0.2) is 4.98 Å². The summed E-state index contributed by atoms with van der Waals surface area (Å²) in [6.07, 6.45) is 0. The Morgan fingerprint density at radius 1 is 1.00 bits per heavy atom. The fourth-order valence-electron chi connectivity index (χ4n) is 3.75. The molecular formula is C26H22N2O2S. The SMILES string of the molecule is CC(C)c1cccc2sc(N(Cc3ccccc3)C(=O)c3cc4ccccc4o3)nc12. The Balaban J connectivity index is 1.61. The molecule has 1 amide bonds. The molecule has 3 aromatic carbocycles. The summed E-state index contributed by atoms with van der Waals surface area (Å²) in [5, 5.41) is 1.59. The number of furan rings is 1. The maximum atomic E-state index is 13.6. The van der Waals surface area contributed by atoms with Crippen LogP contribution < -0.4 is 4.90 Å². The topological polar surface area (TPSA) is 46.3 Å². The quantitative estimate of drug-likeness (QED) is 0.303. The first kappa shape index (κ1) is 19.5. The van der Waals surface area contributed by atoms with Crippen molar-refractivity contribution in [2.75, 3.05) is 4.90 Å². The highest BCUT2D eigenvalue weighted by Crippen LogP contribution is 2.35. The van der Waals surface area contributed by atoms with Gasteiger partial charge < -0.3 is 4.42 Å². The standard InChI is InChI=1S/C26H22N2O2S/c1-17(2)20-12-8-14-23-24(20)27-26(31-23)28(16-18-9-4-3-5-10-18)25(29)22-15-19-11-6-7-13-21(19)30-22/h3-15,17H,16H2,1-2H3. The summed E-state index contributed by atoms with van der Waals surface area (Å²) >= 11 is 1.54. The van der Waals surface area contributed by atoms with Crippen molar-refractivity contribution in [3.05, 3.63) is 95.7 Å². The van der Waals surface area contributed by atoms with Gasteiger partial charge in [-0.1, -0.05) is 85.8 Å². The van der Waals surface area contributed by atoms with Crippen molar-refractivity contribution in [3.63, 3.8) is 0 Å². The molecule has 5 aromatic rings. The van der Waals surface area contributed by atoms with Crippen LogP contribution in [-0.4, -0.2) is 10.9 Å². The van der Waals surface area contributed by atoms with Crippen molar-refractivity contribution < 1.29 is 9.21 Å². The Hall–Kier alpha value is -3.44. The lowest BCUT2D eigenvalue weighted by Crippen LogP contribution is -2.30. The van der Waals surface area contributed by atoms with Crippen molar-refractivity contribution in [3.8, 4) is 0 Å². The number of aromatic nitrogens is 1. The molecule has 0 aliphatic rings. The molecule has 0 saturated heterocycles. The third-order valence-corrected chi connectivity index (χ3v) is 6.40. The van der Waals surface area contributed by atoms with Crippen LogP contribution in [0.5, 0.6) is 0 Å². The fraction of sp³-hybridized carbons (Fsp3) is 0.154. The number of thiazole rings is 1. The third kappa shape index (κ3) is 3.73. The molecule has 0 unspecified atom stereocenters. The lowest BCUT2D eigenvalue weighted by atomic mass is 10.0. The zero-order valence-corrected chi connectivity index (χ0v) is 18.2. The van der Waals surface area contributed by atoms with E-state index in [-0.39, 0.29) is 5.91 Å². The maximum Gasteiger partial charge on any atom is 0.296 e. The predicted octanol–water partition coefficient (Wildman–Crippen LogP) is 7.01. The second-order valence-corrected chi connectivity index (χ2v) is 8.88. The van der Waals surface area contributed by atoms with Crippen LogP contribution in [0.4, 0.5) is 5.13 Å². The number of para-hydroxylation sites is 2. The van der Waals surface area contributed by atoms with Crippen molar-refractivity contribution >= 4 is 43.6 Å². The molecule has 0 saturated carbocycles. The summed E-state index contributed by atoms with van der Waals surface area (Å²) in [6.45, 7) is 4.75. The van der Waals surface area contributed by atoms with Gasteiger partial charge in [-0.2, -0.15) is 0 Å². The number of fused-ring (bicyclic) bond motifs is 2. The van der Waals surface area contributed by atoms with Crippen molar-refractivity contribution in [2.45, 2.75) is 26.3 Å². The molecular weight excluding hydrogens is 404 g/mol. The van der Waals surface area contributed by atoms with Gasteiger partial charge in [0.1, 0.15) is 5.58 Å². The highest BCUT2D eigenvalue weighted by atomic mass is 32.1. The highest BCUT2D eigenvalue weighted by molar-refractivity contribution is 7.22. The van der Waals surface area contributed by atoms with Crippen LogP contribution >= 0.6 is 11.3 Å². The summed E-state index contributed by atoms with van der Waals surface area (Å²) in [4.78, 5) is 20.3. The van der Waals surface area contributed by atoms with Crippen molar-refractivity contribution in [2.24, 2.45) is 0 Å². The van der Waals surface area contributed by atoms with Crippen LogP contribution in [-0.2, 0) is 6.54 Å². The number of benzene rings is 3. The molecule has 4 nitrogen and oxygen atoms in total. The number of nitrogens with zero attached hydrogens (tertiary/aromatic N) is 2. The first-order valence-electron chi connectivity index (χ1n) is 10.3. The maximum absolute atomic E-state index is 13.6. The average Bonchev–Trinajstić information content (AvgIpc) is 3.41. The first-order chi connectivity index (χ1) is 15.1. The molecule has 0 N–H and O–H groups in total. The van der Waals surface area contributed by atoms with Gasteiger partial charge in [-0.05, 0) is 35.2 Å². The van der Waals surface area contributed by atoms with E-state index >= 15 is 0 Å². The van der Waals surface area contributed by atoms with E-state index in [9.17, 15) is 4.79 Å². The summed E-state index contributed by atoms with van der Waals surface area (Å²) < 4.78 is 6.97. The predicted molar refractivity (Wildman–Crippen MR) is 127 cm³/mol. The molecule has 0 bridgehead atoms. The van der Waals surface area contributed by atoms with E-state index in [0.29, 0.717) is 28.9 Å². The first-order valence-corrected chi connectivity index (χ1v) is 11.2. The normalized spacial score (nSPS) is 11.5. The number of amides is 1. The van der Waals surface area contributed by atoms with Gasteiger partial charge in [0.15, 0.2) is 10.9 Å². The lowest BCUT2D eigenvalue weighted by Gasteiger charge is -2.18. The molecule has 2 heterocycles. The van der Waals surface area contributed by atoms with Gasteiger partial charge in [0.2, 0.25) is 0 Å². The van der Waals surface area contributed by atoms with Gasteiger partial charge in [0.05, 0.1) is 16.8 Å². The molecule has 0 radical (unpaired) electrons. The van der Waals surface area contributed by atoms with Gasteiger partial charge in [0, 0.05) is 5.39 Å². The number of carbonyl (C=O) groups excluding carboxylic acids is 1. The minimum absolute atomic E-state index is 0.190. The Morgan fingerprint density at radius 2 is 1.77 bits per heavy atom. The molecule has 0 aliphatic carbocycles. The lowest BCUT2D eigenvalue weighted by molar-refractivity contribution is 0.0960. The fourth-order valence-corrected chi connectivity index (χ4v) is 4.75. The van der Waals surface area contributed by atoms with Gasteiger partial charge >= 0.3 is 0 Å². The second kappa shape index (κ2) is 8.00. The van der Waals surface area contributed by atoms with E-state index in [2.05, 4.69) is 32.0 Å². The highest BCUT2D eigenvalue weighted by Gasteiger charge is 2.25. The Morgan fingerprint density at radius 3 is 2.55 bits per heavy atom.